The lowest BCUT2D eigenvalue weighted by Crippen LogP contribution is -2.22. The topological polar surface area (TPSA) is 18.5 Å². The first kappa shape index (κ1) is 16.3. The molecule has 0 aliphatic carbocycles. The molecule has 0 bridgehead atoms. The molecule has 2 aromatic rings. The molecule has 114 valence electrons. The number of benzene rings is 2. The summed E-state index contributed by atoms with van der Waals surface area (Å²) >= 11 is 6.17. The monoisotopic (exact) mass is 322 g/mol. The van der Waals surface area contributed by atoms with Crippen LogP contribution in [-0.2, 0) is 4.74 Å². The molecule has 0 amide bonds. The van der Waals surface area contributed by atoms with Gasteiger partial charge in [0, 0.05) is 25.1 Å². The van der Waals surface area contributed by atoms with Crippen LogP contribution < -0.4 is 4.74 Å². The lowest BCUT2D eigenvalue weighted by molar-refractivity contribution is 0.0230. The average molecular weight is 323 g/mol. The minimum absolute atomic E-state index is 0.297. The number of halogens is 1. The highest BCUT2D eigenvalue weighted by Gasteiger charge is 2.12. The molecule has 0 N–H and O–H groups in total. The van der Waals surface area contributed by atoms with Crippen LogP contribution in [0, 0.1) is 6.92 Å². The van der Waals surface area contributed by atoms with E-state index in [4.69, 9.17) is 21.1 Å². The second-order valence-corrected chi connectivity index (χ2v) is 12.5. The maximum Gasteiger partial charge on any atom is 0.189 e. The fourth-order valence-corrected chi connectivity index (χ4v) is 3.04. The molecule has 4 heteroatoms. The van der Waals surface area contributed by atoms with E-state index in [1.807, 2.05) is 31.2 Å². The minimum atomic E-state index is -1.04. The van der Waals surface area contributed by atoms with Crippen LogP contribution in [0.2, 0.25) is 30.7 Å². The molecule has 0 unspecified atom stereocenters. The summed E-state index contributed by atoms with van der Waals surface area (Å²) in [6.07, 6.45) is 0. The van der Waals surface area contributed by atoms with E-state index < -0.39 is 8.07 Å². The molecular formula is C17H23ClO2Si. The van der Waals surface area contributed by atoms with Gasteiger partial charge in [-0.05, 0) is 42.1 Å². The van der Waals surface area contributed by atoms with Crippen molar-refractivity contribution in [3.63, 3.8) is 0 Å². The Morgan fingerprint density at radius 1 is 1.05 bits per heavy atom. The number of fused-ring (bicyclic) bond motifs is 1. The summed E-state index contributed by atoms with van der Waals surface area (Å²) in [4.78, 5) is 0. The van der Waals surface area contributed by atoms with Crippen LogP contribution in [0.3, 0.4) is 0 Å². The Balaban J connectivity index is 2.01. The van der Waals surface area contributed by atoms with E-state index in [1.165, 1.54) is 0 Å². The van der Waals surface area contributed by atoms with Gasteiger partial charge in [0.25, 0.3) is 0 Å². The first-order valence-electron chi connectivity index (χ1n) is 7.27. The summed E-state index contributed by atoms with van der Waals surface area (Å²) in [6, 6.07) is 11.1. The van der Waals surface area contributed by atoms with Crippen LogP contribution in [0.4, 0.5) is 0 Å². The van der Waals surface area contributed by atoms with Crippen molar-refractivity contribution in [2.45, 2.75) is 32.6 Å². The predicted octanol–water partition coefficient (Wildman–Crippen LogP) is 5.49. The largest absolute Gasteiger partial charge is 0.467 e. The zero-order valence-corrected chi connectivity index (χ0v) is 15.0. The third-order valence-electron chi connectivity index (χ3n) is 3.52. The van der Waals surface area contributed by atoms with Gasteiger partial charge in [-0.3, -0.25) is 0 Å². The predicted molar refractivity (Wildman–Crippen MR) is 93.3 cm³/mol. The highest BCUT2D eigenvalue weighted by Crippen LogP contribution is 2.31. The quantitative estimate of drug-likeness (QED) is 0.397. The first-order valence-corrected chi connectivity index (χ1v) is 11.4. The molecule has 0 radical (unpaired) electrons. The Morgan fingerprint density at radius 2 is 1.81 bits per heavy atom. The molecule has 0 atom stereocenters. The van der Waals surface area contributed by atoms with Crippen molar-refractivity contribution in [1.82, 2.24) is 0 Å². The summed E-state index contributed by atoms with van der Waals surface area (Å²) in [6.45, 7) is 10.1. The SMILES string of the molecule is Cc1c(Cl)ccc2c(OCOCC[Si](C)(C)C)cccc12. The van der Waals surface area contributed by atoms with Gasteiger partial charge in [0.2, 0.25) is 0 Å². The van der Waals surface area contributed by atoms with Gasteiger partial charge in [0.05, 0.1) is 0 Å². The summed E-state index contributed by atoms with van der Waals surface area (Å²) in [5.41, 5.74) is 1.08. The third kappa shape index (κ3) is 4.47. The molecule has 2 aromatic carbocycles. The third-order valence-corrected chi connectivity index (χ3v) is 5.63. The van der Waals surface area contributed by atoms with Crippen molar-refractivity contribution in [3.8, 4) is 5.75 Å². The van der Waals surface area contributed by atoms with Crippen molar-refractivity contribution < 1.29 is 9.47 Å². The molecule has 2 nitrogen and oxygen atoms in total. The van der Waals surface area contributed by atoms with Gasteiger partial charge >= 0.3 is 0 Å². The zero-order valence-electron chi connectivity index (χ0n) is 13.2. The van der Waals surface area contributed by atoms with E-state index in [-0.39, 0.29) is 0 Å². The minimum Gasteiger partial charge on any atom is -0.467 e. The van der Waals surface area contributed by atoms with Crippen LogP contribution >= 0.6 is 11.6 Å². The second kappa shape index (κ2) is 6.82. The van der Waals surface area contributed by atoms with Crippen molar-refractivity contribution >= 4 is 30.4 Å². The summed E-state index contributed by atoms with van der Waals surface area (Å²) in [5.74, 6) is 0.847. The van der Waals surface area contributed by atoms with Crippen molar-refractivity contribution in [3.05, 3.63) is 40.9 Å². The van der Waals surface area contributed by atoms with Gasteiger partial charge in [-0.15, -0.1) is 0 Å². The van der Waals surface area contributed by atoms with Crippen LogP contribution in [-0.4, -0.2) is 21.5 Å². The molecule has 0 saturated carbocycles. The first-order chi connectivity index (χ1) is 9.88. The number of rotatable bonds is 6. The van der Waals surface area contributed by atoms with E-state index in [1.54, 1.807) is 0 Å². The van der Waals surface area contributed by atoms with Crippen LogP contribution in [0.15, 0.2) is 30.3 Å². The summed E-state index contributed by atoms with van der Waals surface area (Å²) in [5, 5.41) is 2.99. The second-order valence-electron chi connectivity index (χ2n) is 6.50. The van der Waals surface area contributed by atoms with E-state index in [0.29, 0.717) is 6.79 Å². The van der Waals surface area contributed by atoms with E-state index in [9.17, 15) is 0 Å². The highest BCUT2D eigenvalue weighted by molar-refractivity contribution is 6.76. The van der Waals surface area contributed by atoms with Crippen LogP contribution in [0.5, 0.6) is 5.75 Å². The molecule has 0 aliphatic heterocycles. The van der Waals surface area contributed by atoms with Gasteiger partial charge in [-0.25, -0.2) is 0 Å². The fraction of sp³-hybridized carbons (Fsp3) is 0.412. The smallest absolute Gasteiger partial charge is 0.189 e. The Bertz CT molecular complexity index is 620. The molecular weight excluding hydrogens is 300 g/mol. The molecule has 2 rings (SSSR count). The van der Waals surface area contributed by atoms with Crippen molar-refractivity contribution in [2.75, 3.05) is 13.4 Å². The van der Waals surface area contributed by atoms with Gasteiger partial charge in [0.1, 0.15) is 5.75 Å². The zero-order chi connectivity index (χ0) is 15.5. The Labute approximate surface area is 133 Å². The fourth-order valence-electron chi connectivity index (χ4n) is 2.12. The van der Waals surface area contributed by atoms with Crippen molar-refractivity contribution in [2.24, 2.45) is 0 Å². The van der Waals surface area contributed by atoms with Gasteiger partial charge < -0.3 is 9.47 Å². The molecule has 0 heterocycles. The van der Waals surface area contributed by atoms with Gasteiger partial charge in [-0.1, -0.05) is 43.4 Å². The lowest BCUT2D eigenvalue weighted by Gasteiger charge is -2.16. The van der Waals surface area contributed by atoms with E-state index in [0.717, 1.165) is 39.8 Å². The van der Waals surface area contributed by atoms with E-state index >= 15 is 0 Å². The molecule has 0 aromatic heterocycles. The van der Waals surface area contributed by atoms with Crippen molar-refractivity contribution in [1.29, 1.82) is 0 Å². The normalized spacial score (nSPS) is 11.9. The average Bonchev–Trinajstić information content (AvgIpc) is 2.41. The Hall–Kier alpha value is -1.03. The summed E-state index contributed by atoms with van der Waals surface area (Å²) in [7, 11) is -1.04. The summed E-state index contributed by atoms with van der Waals surface area (Å²) < 4.78 is 11.4. The number of hydrogen-bond donors (Lipinski definition) is 0. The van der Waals surface area contributed by atoms with Crippen LogP contribution in [0.1, 0.15) is 5.56 Å². The number of ether oxygens (including phenoxy) is 2. The molecule has 0 saturated heterocycles. The highest BCUT2D eigenvalue weighted by atomic mass is 35.5. The standard InChI is InChI=1S/C17H23ClO2Si/c1-13-14-6-5-7-17(15(14)8-9-16(13)18)20-12-19-10-11-21(2,3)4/h5-9H,10-12H2,1-4H3. The number of hydrogen-bond acceptors (Lipinski definition) is 2. The maximum atomic E-state index is 6.17. The molecule has 0 fully saturated rings. The molecule has 0 aliphatic rings. The lowest BCUT2D eigenvalue weighted by atomic mass is 10.0. The van der Waals surface area contributed by atoms with Crippen LogP contribution in [0.25, 0.3) is 10.8 Å². The van der Waals surface area contributed by atoms with Gasteiger partial charge in [0.15, 0.2) is 6.79 Å². The number of aryl methyl sites for hydroxylation is 1. The maximum absolute atomic E-state index is 6.17. The Morgan fingerprint density at radius 3 is 2.52 bits per heavy atom. The molecule has 0 spiro atoms. The van der Waals surface area contributed by atoms with E-state index in [2.05, 4.69) is 25.7 Å². The Kier molecular flexibility index (Phi) is 5.30. The van der Waals surface area contributed by atoms with Gasteiger partial charge in [-0.2, -0.15) is 0 Å². The molecule has 21 heavy (non-hydrogen) atoms.